The maximum Gasteiger partial charge on any atom is 1.00 e. The number of fused-ring (bicyclic) bond motifs is 3. The van der Waals surface area contributed by atoms with E-state index in [1.54, 1.807) is 30.0 Å². The summed E-state index contributed by atoms with van der Waals surface area (Å²) in [5.74, 6) is -9.80. The third kappa shape index (κ3) is 18.2. The zero-order chi connectivity index (χ0) is 66.5. The van der Waals surface area contributed by atoms with Gasteiger partial charge < -0.3 is 101 Å². The van der Waals surface area contributed by atoms with Crippen LogP contribution in [0.2, 0.25) is 0 Å². The molecule has 0 spiro atoms. The largest absolute Gasteiger partial charge is 1.00 e. The van der Waals surface area contributed by atoms with Crippen LogP contribution in [0.15, 0.2) is 72.9 Å². The molecule has 3 aromatic carbocycles. The number of aromatic hydroxyl groups is 1. The van der Waals surface area contributed by atoms with Crippen LogP contribution in [0.3, 0.4) is 0 Å². The molecule has 0 unspecified atom stereocenters. The predicted molar refractivity (Wildman–Crippen MR) is 319 cm³/mol. The second-order valence-corrected chi connectivity index (χ2v) is 23.7. The van der Waals surface area contributed by atoms with Crippen molar-refractivity contribution in [2.75, 3.05) is 46.5 Å². The molecular weight excluding hydrogens is 1270 g/mol. The molecule has 93 heavy (non-hydrogen) atoms. The van der Waals surface area contributed by atoms with Crippen LogP contribution in [0.1, 0.15) is 68.0 Å². The van der Waals surface area contributed by atoms with Crippen molar-refractivity contribution in [3.05, 3.63) is 95.5 Å². The van der Waals surface area contributed by atoms with E-state index in [2.05, 4.69) is 40.8 Å². The molecule has 32 nitrogen and oxygen atoms in total. The van der Waals surface area contributed by atoms with E-state index in [9.17, 15) is 79.7 Å². The Morgan fingerprint density at radius 2 is 1.52 bits per heavy atom. The summed E-state index contributed by atoms with van der Waals surface area (Å²) in [5, 5.41) is 121. The number of ether oxygens (including phenoxy) is 2. The molecule has 0 saturated carbocycles. The number of imidazole rings is 1. The maximum atomic E-state index is 14.7. The van der Waals surface area contributed by atoms with E-state index in [-0.39, 0.29) is 53.0 Å². The normalized spacial score (nSPS) is 24.8. The number of aliphatic hydroxyl groups is 7. The van der Waals surface area contributed by atoms with Crippen LogP contribution in [-0.4, -0.2) is 226 Å². The minimum atomic E-state index is -2.51. The van der Waals surface area contributed by atoms with Crippen LogP contribution in [0, 0.1) is 12.5 Å². The average Bonchev–Trinajstić information content (AvgIpc) is 1.73. The minimum Gasteiger partial charge on any atom is -0.691 e. The average molecular weight is 1340 g/mol. The van der Waals surface area contributed by atoms with Crippen LogP contribution in [-0.2, 0) is 42.9 Å². The number of hydrogen-bond donors (Lipinski definition) is 13. The molecule has 14 atom stereocenters. The Morgan fingerprint density at radius 1 is 0.839 bits per heavy atom. The van der Waals surface area contributed by atoms with Gasteiger partial charge in [-0.1, -0.05) is 36.5 Å². The van der Waals surface area contributed by atoms with Crippen molar-refractivity contribution in [1.29, 1.82) is 0 Å². The first-order valence-corrected chi connectivity index (χ1v) is 30.5. The Bertz CT molecular complexity index is 3420. The molecule has 3 aliphatic rings. The third-order valence-corrected chi connectivity index (χ3v) is 17.0. The molecule has 3 fully saturated rings. The SMILES string of the molecule is [C-]#[N+]C[C@@H](O)[C@@H]1NC(=O)[C@H]([C@H](O)[C@@H](O)c2ccc(O)c(OSOO[O-])c2)NC(=O)[C@@H]2C[C@H](O)CN2C(=O)[C@H]([C@H](C)O)NC(=O)[C@@H](NC(=O)c2ccc(-c3cn4nc(-c5ccc(OCCCCCOC)cc5)sc4n3)cc2)C[C@H](O)CNC(=O)[C@@H]2[C@@H](O)[C@H](C)CN2C1=O.[Na+]. The van der Waals surface area contributed by atoms with E-state index < -0.39 is 177 Å². The Hall–Kier alpha value is -7.15. The number of hydrogen-bond acceptors (Lipinski definition) is 25. The van der Waals surface area contributed by atoms with Gasteiger partial charge in [-0.15, -0.1) is 4.33 Å². The molecule has 7 amide bonds. The number of amides is 7. The van der Waals surface area contributed by atoms with Gasteiger partial charge in [-0.3, -0.25) is 38.6 Å². The number of benzene rings is 3. The fourth-order valence-electron chi connectivity index (χ4n) is 10.7. The molecule has 0 bridgehead atoms. The summed E-state index contributed by atoms with van der Waals surface area (Å²) in [4.78, 5) is 111. The zero-order valence-electron chi connectivity index (χ0n) is 50.7. The van der Waals surface area contributed by atoms with Crippen LogP contribution in [0.25, 0.3) is 31.6 Å². The van der Waals surface area contributed by atoms with Crippen molar-refractivity contribution >= 4 is 70.0 Å². The quantitative estimate of drug-likeness (QED) is 0.00814. The smallest absolute Gasteiger partial charge is 0.691 e. The van der Waals surface area contributed by atoms with Gasteiger partial charge >= 0.3 is 29.6 Å². The molecule has 5 heterocycles. The number of nitrogens with one attached hydrogen (secondary N) is 5. The van der Waals surface area contributed by atoms with Gasteiger partial charge in [-0.2, -0.15) is 5.10 Å². The number of rotatable bonds is 21. The molecule has 496 valence electrons. The van der Waals surface area contributed by atoms with Gasteiger partial charge in [-0.05, 0) is 80.3 Å². The topological polar surface area (TPSA) is 452 Å². The number of unbranched alkanes of at least 4 members (excludes halogenated alkanes) is 2. The number of phenolic OH excluding ortho intramolecular Hbond substituents is 1. The standard InChI is InChI=1S/C58H71N11O21S2.Na/c1-28-25-68-46(47(28)75)54(82)60-23-34(71)21-37(61-50(78)31-10-8-30(9-11-31)38-27-69-58(62-38)91-55(66-69)32-12-15-36(16-13-32)87-19-7-5-6-18-86-4)51(79)63-43(29(2)70)56(83)67-26-35(72)22-39(67)52(80)65-45(53(81)64-44(57(68)84)41(74)24-59-3)49(77)48(76)33-14-17-40(73)42(20-33)88-92-90-89-85;/h8-17,20,27-29,34-35,37,39,41,43-49,70-77,85H,5-7,18-19,21-26H2,1-2,4H3,(H,60,82)(H,61,78)(H,63,79)(H,64,81)(H,65,80);/q;+1/p-1/t28-,29+,34+,35+,37+,39+,41-,43+,44+,45+,46+,47+,48+,49+;/m1./s1. The summed E-state index contributed by atoms with van der Waals surface area (Å²) in [5.41, 5.74) is 1.57. The van der Waals surface area contributed by atoms with Gasteiger partial charge in [0.2, 0.25) is 46.9 Å². The number of nitrogens with zero attached hydrogens (tertiary/aromatic N) is 6. The van der Waals surface area contributed by atoms with E-state index >= 15 is 0 Å². The number of phenols is 1. The second kappa shape index (κ2) is 33.8. The first kappa shape index (κ1) is 73.3. The predicted octanol–water partition coefficient (Wildman–Crippen LogP) is -5.45. The fraction of sp³-hybridized carbons (Fsp3) is 0.483. The van der Waals surface area contributed by atoms with E-state index in [4.69, 9.17) is 30.3 Å². The molecule has 2 aromatic heterocycles. The molecular formula is C58H70N11NaO21S2. The van der Waals surface area contributed by atoms with E-state index in [0.717, 1.165) is 65.5 Å². The van der Waals surface area contributed by atoms with E-state index in [1.165, 1.54) is 30.4 Å². The van der Waals surface area contributed by atoms with Gasteiger partial charge in [0.15, 0.2) is 17.6 Å². The van der Waals surface area contributed by atoms with Crippen molar-refractivity contribution in [3.8, 4) is 39.1 Å². The number of carbonyl (C=O) groups excluding carboxylic acids is 7. The van der Waals surface area contributed by atoms with Gasteiger partial charge in [0.25, 0.3) is 18.2 Å². The number of methoxy groups -OCH3 is 1. The van der Waals surface area contributed by atoms with E-state index in [1.807, 2.05) is 24.3 Å². The first-order chi connectivity index (χ1) is 44.0. The zero-order valence-corrected chi connectivity index (χ0v) is 54.3. The monoisotopic (exact) mass is 1340 g/mol. The van der Waals surface area contributed by atoms with Gasteiger partial charge in [-0.25, -0.2) is 16.1 Å². The molecule has 0 aliphatic carbocycles. The Kier molecular flexibility index (Phi) is 26.6. The van der Waals surface area contributed by atoms with Gasteiger partial charge in [0.1, 0.15) is 59.2 Å². The van der Waals surface area contributed by atoms with Crippen LogP contribution < -0.4 is 70.3 Å². The molecule has 5 aromatic rings. The van der Waals surface area contributed by atoms with Gasteiger partial charge in [0, 0.05) is 68.8 Å². The third-order valence-electron chi connectivity index (χ3n) is 15.7. The first-order valence-electron chi connectivity index (χ1n) is 29.0. The van der Waals surface area contributed by atoms with Crippen molar-refractivity contribution in [1.82, 2.24) is 51.0 Å². The summed E-state index contributed by atoms with van der Waals surface area (Å²) in [7, 11) is 1.67. The Labute approximate surface area is 561 Å². The summed E-state index contributed by atoms with van der Waals surface area (Å²) in [6, 6.07) is 4.42. The molecule has 3 saturated heterocycles. The Morgan fingerprint density at radius 3 is 2.19 bits per heavy atom. The molecule has 35 heteroatoms. The number of β-amino-alcohol motifs (C(OH)–C–C–N with tert-alkyl or cyclic N) is 1. The summed E-state index contributed by atoms with van der Waals surface area (Å²) < 4.78 is 21.6. The number of carbonyl (C=O) groups is 7. The second-order valence-electron chi connectivity index (χ2n) is 22.3. The van der Waals surface area contributed by atoms with Crippen molar-refractivity contribution in [2.45, 2.75) is 125 Å². The number of aromatic nitrogens is 3. The summed E-state index contributed by atoms with van der Waals surface area (Å²) in [6.45, 7) is 8.64. The van der Waals surface area contributed by atoms with Crippen LogP contribution in [0.5, 0.6) is 17.2 Å². The molecule has 3 aliphatic heterocycles. The van der Waals surface area contributed by atoms with Crippen molar-refractivity contribution < 1.29 is 132 Å². The maximum absolute atomic E-state index is 14.7. The fourth-order valence-corrected chi connectivity index (χ4v) is 11.9. The minimum absolute atomic E-state index is 0. The molecule has 0 radical (unpaired) electrons. The van der Waals surface area contributed by atoms with Crippen LogP contribution in [0.4, 0.5) is 0 Å². The van der Waals surface area contributed by atoms with E-state index in [0.29, 0.717) is 34.4 Å². The van der Waals surface area contributed by atoms with Crippen molar-refractivity contribution in [3.63, 3.8) is 0 Å². The molecule has 8 rings (SSSR count). The molecule has 13 N–H and O–H groups in total. The number of aliphatic hydroxyl groups excluding tert-OH is 7. The van der Waals surface area contributed by atoms with Crippen molar-refractivity contribution in [2.24, 2.45) is 5.92 Å². The summed E-state index contributed by atoms with van der Waals surface area (Å²) in [6.07, 6.45) is -10.3. The summed E-state index contributed by atoms with van der Waals surface area (Å²) >= 11 is 1.27. The van der Waals surface area contributed by atoms with Crippen LogP contribution >= 0.6 is 23.7 Å². The Balaban J connectivity index is 0.0000123. The van der Waals surface area contributed by atoms with Gasteiger partial charge in [0.05, 0.1) is 42.9 Å².